The summed E-state index contributed by atoms with van der Waals surface area (Å²) in [6.45, 7) is 0. The summed E-state index contributed by atoms with van der Waals surface area (Å²) in [6, 6.07) is 4.90. The molecule has 0 aliphatic rings. The first-order valence-electron chi connectivity index (χ1n) is 4.31. The Hall–Kier alpha value is -1.04. The van der Waals surface area contributed by atoms with Crippen LogP contribution in [0.2, 0.25) is 5.02 Å². The predicted octanol–water partition coefficient (Wildman–Crippen LogP) is 2.30. The molecule has 0 saturated heterocycles. The van der Waals surface area contributed by atoms with E-state index in [1.807, 2.05) is 0 Å². The van der Waals surface area contributed by atoms with Gasteiger partial charge in [-0.15, -0.1) is 0 Å². The summed E-state index contributed by atoms with van der Waals surface area (Å²) >= 11 is 5.77. The summed E-state index contributed by atoms with van der Waals surface area (Å²) < 4.78 is 31.5. The SMILES string of the molecule is COc1cc(Cl)ccc1C=CS(=O)(=O)OC. The molecule has 1 rings (SSSR count). The molecule has 1 aromatic rings. The van der Waals surface area contributed by atoms with Crippen molar-refractivity contribution in [3.8, 4) is 5.75 Å². The van der Waals surface area contributed by atoms with Crippen LogP contribution in [-0.4, -0.2) is 22.6 Å². The molecule has 0 radical (unpaired) electrons. The lowest BCUT2D eigenvalue weighted by Crippen LogP contribution is -1.96. The number of methoxy groups -OCH3 is 1. The van der Waals surface area contributed by atoms with E-state index in [0.29, 0.717) is 16.3 Å². The van der Waals surface area contributed by atoms with Crippen molar-refractivity contribution >= 4 is 27.8 Å². The summed E-state index contributed by atoms with van der Waals surface area (Å²) in [6.07, 6.45) is 1.38. The van der Waals surface area contributed by atoms with Gasteiger partial charge in [0.15, 0.2) is 0 Å². The van der Waals surface area contributed by atoms with E-state index in [0.717, 1.165) is 12.5 Å². The molecule has 0 atom stereocenters. The van der Waals surface area contributed by atoms with Crippen LogP contribution >= 0.6 is 11.6 Å². The summed E-state index contributed by atoms with van der Waals surface area (Å²) in [5.41, 5.74) is 0.604. The minimum Gasteiger partial charge on any atom is -0.496 e. The van der Waals surface area contributed by atoms with Crippen LogP contribution in [0.4, 0.5) is 0 Å². The van der Waals surface area contributed by atoms with Crippen LogP contribution < -0.4 is 4.74 Å². The van der Waals surface area contributed by atoms with Gasteiger partial charge >= 0.3 is 0 Å². The molecule has 0 aromatic heterocycles. The lowest BCUT2D eigenvalue weighted by molar-refractivity contribution is 0.406. The van der Waals surface area contributed by atoms with Crippen molar-refractivity contribution < 1.29 is 17.3 Å². The Bertz CT molecular complexity index is 494. The van der Waals surface area contributed by atoms with Crippen molar-refractivity contribution in [3.63, 3.8) is 0 Å². The Kier molecular flexibility index (Phi) is 4.35. The largest absolute Gasteiger partial charge is 0.496 e. The van der Waals surface area contributed by atoms with Crippen LogP contribution in [0.3, 0.4) is 0 Å². The predicted molar refractivity (Wildman–Crippen MR) is 63.0 cm³/mol. The minimum absolute atomic E-state index is 0.495. The first kappa shape index (κ1) is 13.0. The topological polar surface area (TPSA) is 52.6 Å². The Balaban J connectivity index is 3.06. The zero-order chi connectivity index (χ0) is 12.2. The molecule has 6 heteroatoms. The highest BCUT2D eigenvalue weighted by Crippen LogP contribution is 2.24. The van der Waals surface area contributed by atoms with E-state index < -0.39 is 10.1 Å². The minimum atomic E-state index is -3.62. The van der Waals surface area contributed by atoms with E-state index in [-0.39, 0.29) is 0 Å². The molecule has 0 amide bonds. The fourth-order valence-corrected chi connectivity index (χ4v) is 1.62. The van der Waals surface area contributed by atoms with E-state index in [1.165, 1.54) is 13.2 Å². The van der Waals surface area contributed by atoms with Crippen LogP contribution in [0.5, 0.6) is 5.75 Å². The first-order valence-corrected chi connectivity index (χ1v) is 6.15. The lowest BCUT2D eigenvalue weighted by atomic mass is 10.2. The highest BCUT2D eigenvalue weighted by Gasteiger charge is 2.04. The van der Waals surface area contributed by atoms with Crippen molar-refractivity contribution in [1.82, 2.24) is 0 Å². The second-order valence-electron chi connectivity index (χ2n) is 2.85. The number of benzene rings is 1. The highest BCUT2D eigenvalue weighted by atomic mass is 35.5. The van der Waals surface area contributed by atoms with Gasteiger partial charge in [0.2, 0.25) is 0 Å². The zero-order valence-electron chi connectivity index (χ0n) is 8.81. The maximum absolute atomic E-state index is 11.1. The fourth-order valence-electron chi connectivity index (χ4n) is 1.03. The van der Waals surface area contributed by atoms with Gasteiger partial charge in [-0.25, -0.2) is 0 Å². The van der Waals surface area contributed by atoms with E-state index >= 15 is 0 Å². The molecule has 0 fully saturated rings. The van der Waals surface area contributed by atoms with Gasteiger partial charge in [-0.05, 0) is 24.3 Å². The second kappa shape index (κ2) is 5.34. The quantitative estimate of drug-likeness (QED) is 0.782. The molecule has 0 spiro atoms. The average Bonchev–Trinajstić information content (AvgIpc) is 2.27. The molecular formula is C10H11ClO4S. The van der Waals surface area contributed by atoms with Gasteiger partial charge in [-0.2, -0.15) is 8.42 Å². The van der Waals surface area contributed by atoms with Crippen LogP contribution in [-0.2, 0) is 14.3 Å². The maximum Gasteiger partial charge on any atom is 0.289 e. The van der Waals surface area contributed by atoms with E-state index in [2.05, 4.69) is 4.18 Å². The van der Waals surface area contributed by atoms with Crippen LogP contribution in [0.1, 0.15) is 5.56 Å². The van der Waals surface area contributed by atoms with Crippen LogP contribution in [0.15, 0.2) is 23.6 Å². The Morgan fingerprint density at radius 1 is 1.31 bits per heavy atom. The van der Waals surface area contributed by atoms with Crippen molar-refractivity contribution in [2.75, 3.05) is 14.2 Å². The van der Waals surface area contributed by atoms with Gasteiger partial charge in [0.1, 0.15) is 5.75 Å². The summed E-state index contributed by atoms with van der Waals surface area (Å²) in [5, 5.41) is 1.47. The van der Waals surface area contributed by atoms with Gasteiger partial charge < -0.3 is 4.74 Å². The Labute approximate surface area is 99.6 Å². The number of rotatable bonds is 4. The molecule has 0 saturated carbocycles. The highest BCUT2D eigenvalue weighted by molar-refractivity contribution is 7.89. The van der Waals surface area contributed by atoms with Gasteiger partial charge in [0.25, 0.3) is 10.1 Å². The third-order valence-corrected chi connectivity index (χ3v) is 3.01. The summed E-state index contributed by atoms with van der Waals surface area (Å²) in [7, 11) is -1.05. The monoisotopic (exact) mass is 262 g/mol. The Morgan fingerprint density at radius 3 is 2.56 bits per heavy atom. The van der Waals surface area contributed by atoms with Gasteiger partial charge in [-0.1, -0.05) is 11.6 Å². The molecule has 4 nitrogen and oxygen atoms in total. The van der Waals surface area contributed by atoms with Crippen molar-refractivity contribution in [2.45, 2.75) is 0 Å². The normalized spacial score (nSPS) is 11.9. The second-order valence-corrected chi connectivity index (χ2v) is 4.88. The van der Waals surface area contributed by atoms with Crippen molar-refractivity contribution in [3.05, 3.63) is 34.2 Å². The molecule has 0 heterocycles. The summed E-state index contributed by atoms with van der Waals surface area (Å²) in [4.78, 5) is 0. The van der Waals surface area contributed by atoms with Gasteiger partial charge in [-0.3, -0.25) is 4.18 Å². The van der Waals surface area contributed by atoms with Crippen molar-refractivity contribution in [2.24, 2.45) is 0 Å². The van der Waals surface area contributed by atoms with Crippen LogP contribution in [0.25, 0.3) is 6.08 Å². The maximum atomic E-state index is 11.1. The zero-order valence-corrected chi connectivity index (χ0v) is 10.4. The third-order valence-electron chi connectivity index (χ3n) is 1.84. The number of hydrogen-bond acceptors (Lipinski definition) is 4. The molecule has 0 N–H and O–H groups in total. The molecule has 0 aliphatic heterocycles. The number of ether oxygens (including phenoxy) is 1. The molecule has 16 heavy (non-hydrogen) atoms. The Morgan fingerprint density at radius 2 is 2.00 bits per heavy atom. The smallest absolute Gasteiger partial charge is 0.289 e. The fraction of sp³-hybridized carbons (Fsp3) is 0.200. The van der Waals surface area contributed by atoms with Gasteiger partial charge in [0.05, 0.1) is 19.6 Å². The number of halogens is 1. The molecule has 0 aliphatic carbocycles. The van der Waals surface area contributed by atoms with E-state index in [4.69, 9.17) is 16.3 Å². The molecule has 0 bridgehead atoms. The molecule has 1 aromatic carbocycles. The van der Waals surface area contributed by atoms with Crippen LogP contribution in [0, 0.1) is 0 Å². The van der Waals surface area contributed by atoms with Gasteiger partial charge in [0, 0.05) is 10.6 Å². The molecular weight excluding hydrogens is 252 g/mol. The van der Waals surface area contributed by atoms with Crippen molar-refractivity contribution in [1.29, 1.82) is 0 Å². The van der Waals surface area contributed by atoms with E-state index in [9.17, 15) is 8.42 Å². The number of hydrogen-bond donors (Lipinski definition) is 0. The molecule has 0 unspecified atom stereocenters. The average molecular weight is 263 g/mol. The van der Waals surface area contributed by atoms with E-state index in [1.54, 1.807) is 18.2 Å². The third kappa shape index (κ3) is 3.52. The molecule has 88 valence electrons. The first-order chi connectivity index (χ1) is 7.48. The summed E-state index contributed by atoms with van der Waals surface area (Å²) in [5.74, 6) is 0.495. The lowest BCUT2D eigenvalue weighted by Gasteiger charge is -2.04. The standard InChI is InChI=1S/C10H11ClO4S/c1-14-10-7-9(11)4-3-8(10)5-6-16(12,13)15-2/h3-7H,1-2H3.